The number of aliphatic imine (C=N–C) groups is 1. The minimum atomic E-state index is -0.233. The van der Waals surface area contributed by atoms with Crippen molar-refractivity contribution in [2.24, 2.45) is 16.6 Å². The minimum Gasteiger partial charge on any atom is -0.370 e. The molecule has 3 N–H and O–H groups in total. The van der Waals surface area contributed by atoms with E-state index in [4.69, 9.17) is 12.2 Å². The van der Waals surface area contributed by atoms with E-state index in [1.54, 1.807) is 7.05 Å². The molecule has 1 rings (SSSR count). The number of likely N-dealkylation sites (tertiary alicyclic amines) is 1. The number of nitrogens with zero attached hydrogens (tertiary/aromatic N) is 2. The number of carbonyl (C=O) groups excluding carboxylic acids is 1. The van der Waals surface area contributed by atoms with Gasteiger partial charge >= 0.3 is 0 Å². The van der Waals surface area contributed by atoms with Gasteiger partial charge in [0.25, 0.3) is 0 Å². The third-order valence-electron chi connectivity index (χ3n) is 2.87. The van der Waals surface area contributed by atoms with Gasteiger partial charge in [-0.25, -0.2) is 0 Å². The van der Waals surface area contributed by atoms with Crippen molar-refractivity contribution in [3.05, 3.63) is 0 Å². The molecule has 1 atom stereocenters. The Morgan fingerprint density at radius 3 is 3.06 bits per heavy atom. The molecule has 0 aromatic rings. The fraction of sp³-hybridized carbons (Fsp3) is 0.667. The van der Waals surface area contributed by atoms with Crippen LogP contribution in [-0.2, 0) is 4.79 Å². The first-order valence-corrected chi connectivity index (χ1v) is 5.84. The lowest BCUT2D eigenvalue weighted by molar-refractivity contribution is -0.119. The lowest BCUT2D eigenvalue weighted by Gasteiger charge is -2.34. The van der Waals surface area contributed by atoms with Gasteiger partial charge in [0, 0.05) is 26.6 Å². The Morgan fingerprint density at radius 2 is 2.47 bits per heavy atom. The standard InChI is InChI=1S/C12H20N4O/c1-3-6-15-12(14-2)16-7-4-5-10(9-16)8-11(13)17/h1,10H,4-9H2,2H3,(H2,13,17)(H,14,15). The molecule has 0 aliphatic carbocycles. The van der Waals surface area contributed by atoms with Crippen molar-refractivity contribution in [3.8, 4) is 12.3 Å². The molecular weight excluding hydrogens is 216 g/mol. The lowest BCUT2D eigenvalue weighted by atomic mass is 9.95. The van der Waals surface area contributed by atoms with Crippen LogP contribution in [0, 0.1) is 18.3 Å². The van der Waals surface area contributed by atoms with Crippen molar-refractivity contribution >= 4 is 11.9 Å². The smallest absolute Gasteiger partial charge is 0.217 e. The van der Waals surface area contributed by atoms with Gasteiger partial charge in [-0.2, -0.15) is 0 Å². The van der Waals surface area contributed by atoms with Gasteiger partial charge in [-0.05, 0) is 18.8 Å². The van der Waals surface area contributed by atoms with Crippen molar-refractivity contribution < 1.29 is 4.79 Å². The van der Waals surface area contributed by atoms with Gasteiger partial charge in [0.1, 0.15) is 0 Å². The molecule has 1 unspecified atom stereocenters. The topological polar surface area (TPSA) is 70.7 Å². The summed E-state index contributed by atoms with van der Waals surface area (Å²) in [6.45, 7) is 2.22. The number of nitrogens with one attached hydrogen (secondary N) is 1. The summed E-state index contributed by atoms with van der Waals surface area (Å²) < 4.78 is 0. The molecule has 0 radical (unpaired) electrons. The summed E-state index contributed by atoms with van der Waals surface area (Å²) in [4.78, 5) is 17.2. The first kappa shape index (κ1) is 13.4. The number of terminal acetylenes is 1. The highest BCUT2D eigenvalue weighted by molar-refractivity contribution is 5.80. The number of rotatable bonds is 3. The molecule has 1 saturated heterocycles. The summed E-state index contributed by atoms with van der Waals surface area (Å²) in [7, 11) is 1.73. The summed E-state index contributed by atoms with van der Waals surface area (Å²) in [5.41, 5.74) is 5.23. The molecule has 94 valence electrons. The summed E-state index contributed by atoms with van der Waals surface area (Å²) in [6.07, 6.45) is 7.75. The van der Waals surface area contributed by atoms with Crippen LogP contribution in [0.5, 0.6) is 0 Å². The number of nitrogens with two attached hydrogens (primary N) is 1. The molecule has 1 heterocycles. The number of primary amides is 1. The Balaban J connectivity index is 2.52. The molecule has 5 nitrogen and oxygen atoms in total. The van der Waals surface area contributed by atoms with Crippen LogP contribution in [0.4, 0.5) is 0 Å². The molecule has 0 bridgehead atoms. The van der Waals surface area contributed by atoms with Gasteiger partial charge in [0.2, 0.25) is 5.91 Å². The van der Waals surface area contributed by atoms with Gasteiger partial charge in [0.05, 0.1) is 6.54 Å². The predicted octanol–water partition coefficient (Wildman–Crippen LogP) is -0.218. The largest absolute Gasteiger partial charge is 0.370 e. The monoisotopic (exact) mass is 236 g/mol. The summed E-state index contributed by atoms with van der Waals surface area (Å²) in [5, 5.41) is 3.09. The van der Waals surface area contributed by atoms with Crippen LogP contribution in [0.25, 0.3) is 0 Å². The van der Waals surface area contributed by atoms with Crippen LogP contribution in [0.3, 0.4) is 0 Å². The second kappa shape index (κ2) is 6.79. The van der Waals surface area contributed by atoms with Gasteiger partial charge in [-0.15, -0.1) is 6.42 Å². The van der Waals surface area contributed by atoms with E-state index in [1.165, 1.54) is 0 Å². The molecular formula is C12H20N4O. The highest BCUT2D eigenvalue weighted by Gasteiger charge is 2.23. The van der Waals surface area contributed by atoms with E-state index in [9.17, 15) is 4.79 Å². The third-order valence-corrected chi connectivity index (χ3v) is 2.87. The van der Waals surface area contributed by atoms with E-state index in [-0.39, 0.29) is 5.91 Å². The molecule has 0 aromatic heterocycles. The average Bonchev–Trinajstić information content (AvgIpc) is 2.30. The van der Waals surface area contributed by atoms with Crippen molar-refractivity contribution in [1.82, 2.24) is 10.2 Å². The quantitative estimate of drug-likeness (QED) is 0.404. The van der Waals surface area contributed by atoms with Crippen LogP contribution in [0.2, 0.25) is 0 Å². The highest BCUT2D eigenvalue weighted by atomic mass is 16.1. The predicted molar refractivity (Wildman–Crippen MR) is 68.3 cm³/mol. The number of piperidine rings is 1. The van der Waals surface area contributed by atoms with Crippen LogP contribution in [0.15, 0.2) is 4.99 Å². The van der Waals surface area contributed by atoms with Crippen LogP contribution in [-0.4, -0.2) is 43.4 Å². The first-order valence-electron chi connectivity index (χ1n) is 5.84. The maximum atomic E-state index is 10.9. The Labute approximate surface area is 102 Å². The SMILES string of the molecule is C#CCNC(=NC)N1CCCC(CC(N)=O)C1. The highest BCUT2D eigenvalue weighted by Crippen LogP contribution is 2.19. The molecule has 1 aliphatic rings. The van der Waals surface area contributed by atoms with E-state index < -0.39 is 0 Å². The molecule has 0 aromatic carbocycles. The number of hydrogen-bond donors (Lipinski definition) is 2. The molecule has 1 aliphatic heterocycles. The second-order valence-corrected chi connectivity index (χ2v) is 4.23. The second-order valence-electron chi connectivity index (χ2n) is 4.23. The maximum Gasteiger partial charge on any atom is 0.217 e. The zero-order valence-electron chi connectivity index (χ0n) is 10.3. The molecule has 17 heavy (non-hydrogen) atoms. The van der Waals surface area contributed by atoms with Crippen molar-refractivity contribution in [2.45, 2.75) is 19.3 Å². The number of hydrogen-bond acceptors (Lipinski definition) is 2. The third kappa shape index (κ3) is 4.35. The molecule has 1 amide bonds. The van der Waals surface area contributed by atoms with Gasteiger partial charge in [0.15, 0.2) is 5.96 Å². The van der Waals surface area contributed by atoms with E-state index in [0.29, 0.717) is 18.9 Å². The van der Waals surface area contributed by atoms with E-state index in [2.05, 4.69) is 21.1 Å². The summed E-state index contributed by atoms with van der Waals surface area (Å²) >= 11 is 0. The van der Waals surface area contributed by atoms with Gasteiger partial charge in [-0.1, -0.05) is 5.92 Å². The molecule has 0 spiro atoms. The van der Waals surface area contributed by atoms with Gasteiger partial charge < -0.3 is 16.0 Å². The first-order chi connectivity index (χ1) is 8.17. The zero-order chi connectivity index (χ0) is 12.7. The van der Waals surface area contributed by atoms with Crippen molar-refractivity contribution in [2.75, 3.05) is 26.7 Å². The number of carbonyl (C=O) groups is 1. The molecule has 0 saturated carbocycles. The van der Waals surface area contributed by atoms with Crippen molar-refractivity contribution in [1.29, 1.82) is 0 Å². The maximum absolute atomic E-state index is 10.9. The normalized spacial score (nSPS) is 20.8. The fourth-order valence-corrected chi connectivity index (χ4v) is 2.17. The van der Waals surface area contributed by atoms with E-state index in [1.807, 2.05) is 0 Å². The van der Waals surface area contributed by atoms with E-state index >= 15 is 0 Å². The van der Waals surface area contributed by atoms with Gasteiger partial charge in [-0.3, -0.25) is 9.79 Å². The van der Waals surface area contributed by atoms with Crippen LogP contribution < -0.4 is 11.1 Å². The van der Waals surface area contributed by atoms with Crippen LogP contribution in [0.1, 0.15) is 19.3 Å². The number of amides is 1. The Hall–Kier alpha value is -1.70. The van der Waals surface area contributed by atoms with Crippen LogP contribution >= 0.6 is 0 Å². The molecule has 1 fully saturated rings. The Morgan fingerprint density at radius 1 is 1.71 bits per heavy atom. The summed E-state index contributed by atoms with van der Waals surface area (Å²) in [5.74, 6) is 3.42. The lowest BCUT2D eigenvalue weighted by Crippen LogP contribution is -2.47. The van der Waals surface area contributed by atoms with E-state index in [0.717, 1.165) is 31.9 Å². The average molecular weight is 236 g/mol. The summed E-state index contributed by atoms with van der Waals surface area (Å²) in [6, 6.07) is 0. The zero-order valence-corrected chi connectivity index (χ0v) is 10.3. The number of guanidine groups is 1. The minimum absolute atomic E-state index is 0.233. The van der Waals surface area contributed by atoms with Crippen molar-refractivity contribution in [3.63, 3.8) is 0 Å². The Kier molecular flexibility index (Phi) is 5.34. The molecule has 5 heteroatoms. The Bertz CT molecular complexity index is 332. The fourth-order valence-electron chi connectivity index (χ4n) is 2.17.